The molecule has 5 rings (SSSR count). The van der Waals surface area contributed by atoms with Crippen LogP contribution in [0.3, 0.4) is 0 Å². The van der Waals surface area contributed by atoms with Gasteiger partial charge in [0.05, 0.1) is 11.3 Å². The Hall–Kier alpha value is -3.35. The number of nitrogens with zero attached hydrogens (tertiary/aromatic N) is 3. The van der Waals surface area contributed by atoms with Crippen molar-refractivity contribution >= 4 is 29.1 Å². The number of para-hydroxylation sites is 2. The summed E-state index contributed by atoms with van der Waals surface area (Å²) in [6, 6.07) is 17.6. The summed E-state index contributed by atoms with van der Waals surface area (Å²) < 4.78 is 0. The third kappa shape index (κ3) is 3.86. The maximum absolute atomic E-state index is 13.3. The van der Waals surface area contributed by atoms with E-state index < -0.39 is 5.66 Å². The van der Waals surface area contributed by atoms with E-state index in [1.165, 1.54) is 5.69 Å². The Morgan fingerprint density at radius 1 is 1.09 bits per heavy atom. The fourth-order valence-corrected chi connectivity index (χ4v) is 5.47. The van der Waals surface area contributed by atoms with Gasteiger partial charge in [-0.1, -0.05) is 30.3 Å². The number of anilines is 2. The molecule has 2 saturated heterocycles. The van der Waals surface area contributed by atoms with E-state index in [0.29, 0.717) is 43.1 Å². The van der Waals surface area contributed by atoms with Gasteiger partial charge in [-0.15, -0.1) is 0 Å². The van der Waals surface area contributed by atoms with Crippen LogP contribution in [0.4, 0.5) is 11.4 Å². The Balaban J connectivity index is 1.19. The van der Waals surface area contributed by atoms with Crippen molar-refractivity contribution in [2.75, 3.05) is 36.0 Å². The third-order valence-electron chi connectivity index (χ3n) is 7.30. The second-order valence-corrected chi connectivity index (χ2v) is 9.41. The van der Waals surface area contributed by atoms with Crippen LogP contribution >= 0.6 is 0 Å². The summed E-state index contributed by atoms with van der Waals surface area (Å²) in [4.78, 5) is 44.4. The predicted molar refractivity (Wildman–Crippen MR) is 127 cm³/mol. The average Bonchev–Trinajstić information content (AvgIpc) is 3.43. The molecule has 0 spiro atoms. The molecule has 0 aliphatic carbocycles. The molecule has 3 aliphatic heterocycles. The summed E-state index contributed by atoms with van der Waals surface area (Å²) in [6.45, 7) is 4.79. The number of amides is 3. The van der Waals surface area contributed by atoms with Gasteiger partial charge in [-0.3, -0.25) is 19.3 Å². The number of rotatable bonds is 6. The normalized spacial score (nSPS) is 24.2. The smallest absolute Gasteiger partial charge is 0.257 e. The Morgan fingerprint density at radius 3 is 2.67 bits per heavy atom. The molecule has 0 bridgehead atoms. The first-order chi connectivity index (χ1) is 16.0. The van der Waals surface area contributed by atoms with Crippen LogP contribution in [0, 0.1) is 5.92 Å². The van der Waals surface area contributed by atoms with Crippen molar-refractivity contribution in [1.82, 2.24) is 10.2 Å². The second-order valence-electron chi connectivity index (χ2n) is 9.41. The van der Waals surface area contributed by atoms with E-state index in [0.717, 1.165) is 19.5 Å². The summed E-state index contributed by atoms with van der Waals surface area (Å²) in [6.07, 6.45) is 2.25. The first-order valence-corrected chi connectivity index (χ1v) is 11.8. The largest absolute Gasteiger partial charge is 0.371 e. The molecule has 7 heteroatoms. The zero-order valence-electron chi connectivity index (χ0n) is 19.0. The van der Waals surface area contributed by atoms with Crippen molar-refractivity contribution in [3.05, 3.63) is 60.2 Å². The van der Waals surface area contributed by atoms with Gasteiger partial charge in [0, 0.05) is 44.7 Å². The lowest BCUT2D eigenvalue weighted by atomic mass is 9.98. The molecule has 33 heavy (non-hydrogen) atoms. The van der Waals surface area contributed by atoms with Crippen molar-refractivity contribution in [1.29, 1.82) is 0 Å². The van der Waals surface area contributed by atoms with Crippen LogP contribution < -0.4 is 15.1 Å². The van der Waals surface area contributed by atoms with Gasteiger partial charge in [0.25, 0.3) is 5.91 Å². The van der Waals surface area contributed by atoms with Gasteiger partial charge in [0.15, 0.2) is 0 Å². The van der Waals surface area contributed by atoms with Gasteiger partial charge in [-0.05, 0) is 49.9 Å². The monoisotopic (exact) mass is 446 g/mol. The molecule has 2 atom stereocenters. The molecule has 0 aromatic heterocycles. The van der Waals surface area contributed by atoms with Crippen LogP contribution in [-0.4, -0.2) is 54.5 Å². The van der Waals surface area contributed by atoms with Gasteiger partial charge < -0.3 is 15.1 Å². The first kappa shape index (κ1) is 21.5. The number of carbonyl (C=O) groups excluding carboxylic acids is 3. The Morgan fingerprint density at radius 2 is 1.85 bits per heavy atom. The molecule has 3 heterocycles. The Labute approximate surface area is 194 Å². The van der Waals surface area contributed by atoms with Crippen molar-refractivity contribution in [2.24, 2.45) is 5.92 Å². The second kappa shape index (κ2) is 8.54. The van der Waals surface area contributed by atoms with Gasteiger partial charge in [-0.25, -0.2) is 0 Å². The minimum Gasteiger partial charge on any atom is -0.371 e. The first-order valence-electron chi connectivity index (χ1n) is 11.8. The van der Waals surface area contributed by atoms with E-state index in [2.05, 4.69) is 22.3 Å². The summed E-state index contributed by atoms with van der Waals surface area (Å²) in [7, 11) is 0. The highest BCUT2D eigenvalue weighted by molar-refractivity contribution is 6.10. The fraction of sp³-hybridized carbons (Fsp3) is 0.423. The van der Waals surface area contributed by atoms with E-state index in [1.54, 1.807) is 15.9 Å². The van der Waals surface area contributed by atoms with E-state index >= 15 is 0 Å². The highest BCUT2D eigenvalue weighted by atomic mass is 16.2. The van der Waals surface area contributed by atoms with Gasteiger partial charge in [0.1, 0.15) is 5.66 Å². The van der Waals surface area contributed by atoms with Crippen molar-refractivity contribution in [3.8, 4) is 0 Å². The number of nitrogens with one attached hydrogen (secondary N) is 1. The molecule has 3 aliphatic rings. The number of carbonyl (C=O) groups is 3. The van der Waals surface area contributed by atoms with Crippen LogP contribution in [0.5, 0.6) is 0 Å². The van der Waals surface area contributed by atoms with Crippen molar-refractivity contribution < 1.29 is 14.4 Å². The number of hydrogen-bond donors (Lipinski definition) is 1. The van der Waals surface area contributed by atoms with Gasteiger partial charge in [-0.2, -0.15) is 0 Å². The zero-order valence-corrected chi connectivity index (χ0v) is 19.0. The van der Waals surface area contributed by atoms with E-state index in [1.807, 2.05) is 43.3 Å². The zero-order chi connectivity index (χ0) is 23.0. The van der Waals surface area contributed by atoms with E-state index in [-0.39, 0.29) is 24.1 Å². The molecule has 3 amide bonds. The summed E-state index contributed by atoms with van der Waals surface area (Å²) in [5, 5.41) is 3.07. The van der Waals surface area contributed by atoms with Gasteiger partial charge in [0.2, 0.25) is 11.8 Å². The van der Waals surface area contributed by atoms with Crippen molar-refractivity contribution in [3.63, 3.8) is 0 Å². The minimum absolute atomic E-state index is 0.0242. The fourth-order valence-electron chi connectivity index (χ4n) is 5.47. The third-order valence-corrected chi connectivity index (χ3v) is 7.30. The molecule has 0 radical (unpaired) electrons. The van der Waals surface area contributed by atoms with Crippen molar-refractivity contribution in [2.45, 2.75) is 38.3 Å². The average molecular weight is 447 g/mol. The van der Waals surface area contributed by atoms with Crippen LogP contribution in [0.15, 0.2) is 54.6 Å². The molecular formula is C26H30N4O3. The van der Waals surface area contributed by atoms with Crippen LogP contribution in [0.25, 0.3) is 0 Å². The standard InChI is InChI=1S/C26H30N4O3/c1-26-14-11-24(32)30(26)22-10-6-5-9-21(22)25(33)29(26)16-13-23(31)27-17-19-12-15-28(18-19)20-7-3-2-4-8-20/h2-10,19H,11-18H2,1H3,(H,27,31)/t19-,26+/m1/s1. The lowest BCUT2D eigenvalue weighted by molar-refractivity contribution is -0.121. The van der Waals surface area contributed by atoms with E-state index in [9.17, 15) is 14.4 Å². The lowest BCUT2D eigenvalue weighted by Crippen LogP contribution is -2.62. The topological polar surface area (TPSA) is 73.0 Å². The molecule has 1 N–H and O–H groups in total. The highest BCUT2D eigenvalue weighted by Gasteiger charge is 2.52. The number of fused-ring (bicyclic) bond motifs is 3. The van der Waals surface area contributed by atoms with Crippen LogP contribution in [0.2, 0.25) is 0 Å². The maximum atomic E-state index is 13.3. The summed E-state index contributed by atoms with van der Waals surface area (Å²) in [5.74, 6) is 0.273. The van der Waals surface area contributed by atoms with Crippen LogP contribution in [0.1, 0.15) is 43.0 Å². The SMILES string of the molecule is C[C@@]12CCC(=O)N1c1ccccc1C(=O)N2CCC(=O)NC[C@H]1CCN(c2ccccc2)C1. The Bertz CT molecular complexity index is 1070. The molecular weight excluding hydrogens is 416 g/mol. The molecule has 2 aromatic rings. The summed E-state index contributed by atoms with van der Waals surface area (Å²) in [5.41, 5.74) is 1.71. The molecule has 0 saturated carbocycles. The van der Waals surface area contributed by atoms with E-state index in [4.69, 9.17) is 0 Å². The molecule has 0 unspecified atom stereocenters. The van der Waals surface area contributed by atoms with Gasteiger partial charge >= 0.3 is 0 Å². The molecule has 7 nitrogen and oxygen atoms in total. The minimum atomic E-state index is -0.718. The molecule has 2 fully saturated rings. The number of hydrogen-bond acceptors (Lipinski definition) is 4. The van der Waals surface area contributed by atoms with Crippen LogP contribution in [-0.2, 0) is 9.59 Å². The predicted octanol–water partition coefficient (Wildman–Crippen LogP) is 3.02. The summed E-state index contributed by atoms with van der Waals surface area (Å²) >= 11 is 0. The molecule has 2 aromatic carbocycles. The lowest BCUT2D eigenvalue weighted by Gasteiger charge is -2.48. The molecule has 172 valence electrons. The number of benzene rings is 2. The highest BCUT2D eigenvalue weighted by Crippen LogP contribution is 2.43. The maximum Gasteiger partial charge on any atom is 0.257 e. The Kier molecular flexibility index (Phi) is 5.56. The quantitative estimate of drug-likeness (QED) is 0.740.